The van der Waals surface area contributed by atoms with Gasteiger partial charge in [-0.15, -0.1) is 23.1 Å². The van der Waals surface area contributed by atoms with Gasteiger partial charge in [-0.3, -0.25) is 4.79 Å². The molecule has 0 atom stereocenters. The van der Waals surface area contributed by atoms with E-state index in [0.717, 1.165) is 16.2 Å². The second-order valence-electron chi connectivity index (χ2n) is 4.39. The Hall–Kier alpha value is -1.79. The van der Waals surface area contributed by atoms with Gasteiger partial charge in [-0.05, 0) is 30.7 Å². The lowest BCUT2D eigenvalue weighted by Crippen LogP contribution is -2.11. The van der Waals surface area contributed by atoms with Crippen molar-refractivity contribution in [1.29, 1.82) is 0 Å². The van der Waals surface area contributed by atoms with Crippen molar-refractivity contribution in [2.75, 3.05) is 11.1 Å². The van der Waals surface area contributed by atoms with Gasteiger partial charge in [-0.2, -0.15) is 0 Å². The molecule has 2 aromatic rings. The van der Waals surface area contributed by atoms with Crippen LogP contribution in [0.4, 0.5) is 5.00 Å². The maximum absolute atomic E-state index is 11.8. The van der Waals surface area contributed by atoms with Crippen LogP contribution in [0.1, 0.15) is 21.7 Å². The van der Waals surface area contributed by atoms with Crippen LogP contribution in [0.3, 0.4) is 0 Å². The van der Waals surface area contributed by atoms with Gasteiger partial charge in [-0.1, -0.05) is 18.2 Å². The van der Waals surface area contributed by atoms with Crippen LogP contribution in [0.5, 0.6) is 0 Å². The summed E-state index contributed by atoms with van der Waals surface area (Å²) in [6.07, 6.45) is 0.388. The second kappa shape index (κ2) is 7.28. The molecule has 0 saturated carbocycles. The highest BCUT2D eigenvalue weighted by Gasteiger charge is 2.13. The van der Waals surface area contributed by atoms with Gasteiger partial charge in [0, 0.05) is 17.1 Å². The summed E-state index contributed by atoms with van der Waals surface area (Å²) in [5.74, 6) is -0.374. The summed E-state index contributed by atoms with van der Waals surface area (Å²) in [4.78, 5) is 24.2. The van der Waals surface area contributed by atoms with Crippen molar-refractivity contribution >= 4 is 40.0 Å². The van der Waals surface area contributed by atoms with E-state index in [1.54, 1.807) is 24.8 Å². The fourth-order valence-corrected chi connectivity index (χ4v) is 3.53. The number of carbonyl (C=O) groups is 2. The number of anilines is 1. The SMILES string of the molecule is Cc1cc(NC(=O)CCSc2ccccc2)sc1C(=O)O. The molecule has 0 saturated heterocycles. The number of carbonyl (C=O) groups excluding carboxylic acids is 1. The number of aryl methyl sites for hydroxylation is 1. The molecule has 1 aromatic carbocycles. The Bertz CT molecular complexity index is 638. The fraction of sp³-hybridized carbons (Fsp3) is 0.200. The summed E-state index contributed by atoms with van der Waals surface area (Å²) < 4.78 is 0. The van der Waals surface area contributed by atoms with Crippen LogP contribution in [0.15, 0.2) is 41.3 Å². The minimum Gasteiger partial charge on any atom is -0.477 e. The highest BCUT2D eigenvalue weighted by atomic mass is 32.2. The first-order chi connectivity index (χ1) is 10.1. The Morgan fingerprint density at radius 3 is 2.62 bits per heavy atom. The number of hydrogen-bond acceptors (Lipinski definition) is 4. The van der Waals surface area contributed by atoms with Gasteiger partial charge in [0.1, 0.15) is 4.88 Å². The van der Waals surface area contributed by atoms with Crippen LogP contribution in [0, 0.1) is 6.92 Å². The molecule has 1 aromatic heterocycles. The van der Waals surface area contributed by atoms with Crippen molar-refractivity contribution in [3.8, 4) is 0 Å². The summed E-state index contributed by atoms with van der Waals surface area (Å²) in [6, 6.07) is 11.6. The minimum absolute atomic E-state index is 0.100. The predicted molar refractivity (Wildman–Crippen MR) is 86.4 cm³/mol. The second-order valence-corrected chi connectivity index (χ2v) is 6.61. The predicted octanol–water partition coefficient (Wildman–Crippen LogP) is 3.88. The molecule has 1 amide bonds. The Kier molecular flexibility index (Phi) is 5.41. The van der Waals surface area contributed by atoms with Crippen LogP contribution < -0.4 is 5.32 Å². The number of thioether (sulfide) groups is 1. The Labute approximate surface area is 131 Å². The summed E-state index contributed by atoms with van der Waals surface area (Å²) in [5, 5.41) is 12.3. The first-order valence-electron chi connectivity index (χ1n) is 6.37. The number of hydrogen-bond donors (Lipinski definition) is 2. The van der Waals surface area contributed by atoms with E-state index in [0.29, 0.717) is 22.7 Å². The van der Waals surface area contributed by atoms with E-state index in [9.17, 15) is 9.59 Å². The standard InChI is InChI=1S/C15H15NO3S2/c1-10-9-13(21-14(10)15(18)19)16-12(17)7-8-20-11-5-3-2-4-6-11/h2-6,9H,7-8H2,1H3,(H,16,17)(H,18,19). The third-order valence-corrected chi connectivity index (χ3v) is 4.87. The number of thiophene rings is 1. The molecule has 0 spiro atoms. The number of amides is 1. The van der Waals surface area contributed by atoms with Crippen molar-refractivity contribution in [2.45, 2.75) is 18.2 Å². The molecule has 110 valence electrons. The molecule has 0 aliphatic heterocycles. The van der Waals surface area contributed by atoms with E-state index < -0.39 is 5.97 Å². The summed E-state index contributed by atoms with van der Waals surface area (Å²) in [6.45, 7) is 1.72. The van der Waals surface area contributed by atoms with E-state index >= 15 is 0 Å². The van der Waals surface area contributed by atoms with E-state index in [-0.39, 0.29) is 10.8 Å². The molecule has 2 N–H and O–H groups in total. The largest absolute Gasteiger partial charge is 0.477 e. The Morgan fingerprint density at radius 2 is 2.00 bits per heavy atom. The maximum Gasteiger partial charge on any atom is 0.346 e. The van der Waals surface area contributed by atoms with Crippen molar-refractivity contribution in [1.82, 2.24) is 0 Å². The number of benzene rings is 1. The highest BCUT2D eigenvalue weighted by molar-refractivity contribution is 7.99. The van der Waals surface area contributed by atoms with Crippen molar-refractivity contribution < 1.29 is 14.7 Å². The molecule has 0 radical (unpaired) electrons. The molecule has 0 fully saturated rings. The molecule has 21 heavy (non-hydrogen) atoms. The Balaban J connectivity index is 1.82. The molecule has 0 unspecified atom stereocenters. The molecular formula is C15H15NO3S2. The zero-order chi connectivity index (χ0) is 15.2. The minimum atomic E-state index is -0.961. The van der Waals surface area contributed by atoms with Crippen LogP contribution in [-0.2, 0) is 4.79 Å². The quantitative estimate of drug-likeness (QED) is 0.793. The fourth-order valence-electron chi connectivity index (χ4n) is 1.73. The topological polar surface area (TPSA) is 66.4 Å². The monoisotopic (exact) mass is 321 g/mol. The van der Waals surface area contributed by atoms with Gasteiger partial charge in [-0.25, -0.2) is 4.79 Å². The van der Waals surface area contributed by atoms with E-state index in [4.69, 9.17) is 5.11 Å². The van der Waals surface area contributed by atoms with Crippen LogP contribution in [0.2, 0.25) is 0 Å². The Morgan fingerprint density at radius 1 is 1.29 bits per heavy atom. The van der Waals surface area contributed by atoms with Gasteiger partial charge in [0.05, 0.1) is 5.00 Å². The highest BCUT2D eigenvalue weighted by Crippen LogP contribution is 2.27. The van der Waals surface area contributed by atoms with Crippen molar-refractivity contribution in [2.24, 2.45) is 0 Å². The molecular weight excluding hydrogens is 306 g/mol. The van der Waals surface area contributed by atoms with Gasteiger partial charge in [0.25, 0.3) is 0 Å². The molecule has 1 heterocycles. The van der Waals surface area contributed by atoms with E-state index in [2.05, 4.69) is 5.32 Å². The molecule has 4 nitrogen and oxygen atoms in total. The zero-order valence-corrected chi connectivity index (χ0v) is 13.1. The molecule has 2 rings (SSSR count). The van der Waals surface area contributed by atoms with Crippen LogP contribution in [-0.4, -0.2) is 22.7 Å². The number of aromatic carboxylic acids is 1. The number of carboxylic acids is 1. The average Bonchev–Trinajstić information content (AvgIpc) is 2.81. The first kappa shape index (κ1) is 15.6. The smallest absolute Gasteiger partial charge is 0.346 e. The van der Waals surface area contributed by atoms with Crippen molar-refractivity contribution in [3.63, 3.8) is 0 Å². The van der Waals surface area contributed by atoms with Gasteiger partial charge < -0.3 is 10.4 Å². The first-order valence-corrected chi connectivity index (χ1v) is 8.18. The molecule has 0 bridgehead atoms. The number of carboxylic acid groups (broad SMARTS) is 1. The van der Waals surface area contributed by atoms with Crippen molar-refractivity contribution in [3.05, 3.63) is 46.8 Å². The number of rotatable bonds is 6. The lowest BCUT2D eigenvalue weighted by atomic mass is 10.3. The van der Waals surface area contributed by atoms with Crippen LogP contribution >= 0.6 is 23.1 Å². The lowest BCUT2D eigenvalue weighted by Gasteiger charge is -2.02. The lowest BCUT2D eigenvalue weighted by molar-refractivity contribution is -0.115. The number of nitrogens with one attached hydrogen (secondary N) is 1. The average molecular weight is 321 g/mol. The normalized spacial score (nSPS) is 10.3. The molecule has 0 aliphatic rings. The summed E-state index contributed by atoms with van der Waals surface area (Å²) in [7, 11) is 0. The third kappa shape index (κ3) is 4.61. The van der Waals surface area contributed by atoms with Gasteiger partial charge in [0.2, 0.25) is 5.91 Å². The van der Waals surface area contributed by atoms with E-state index in [1.165, 1.54) is 0 Å². The molecule has 6 heteroatoms. The van der Waals surface area contributed by atoms with E-state index in [1.807, 2.05) is 30.3 Å². The summed E-state index contributed by atoms with van der Waals surface area (Å²) in [5.41, 5.74) is 0.668. The van der Waals surface area contributed by atoms with Gasteiger partial charge >= 0.3 is 5.97 Å². The third-order valence-electron chi connectivity index (χ3n) is 2.72. The zero-order valence-electron chi connectivity index (χ0n) is 11.5. The van der Waals surface area contributed by atoms with Gasteiger partial charge in [0.15, 0.2) is 0 Å². The van der Waals surface area contributed by atoms with Crippen LogP contribution in [0.25, 0.3) is 0 Å². The molecule has 0 aliphatic carbocycles. The summed E-state index contributed by atoms with van der Waals surface area (Å²) >= 11 is 2.71. The maximum atomic E-state index is 11.8.